The Morgan fingerprint density at radius 1 is 1.11 bits per heavy atom. The lowest BCUT2D eigenvalue weighted by Crippen LogP contribution is -2.49. The van der Waals surface area contributed by atoms with Crippen LogP contribution >= 0.6 is 11.3 Å². The van der Waals surface area contributed by atoms with Crippen molar-refractivity contribution in [1.29, 1.82) is 0 Å². The van der Waals surface area contributed by atoms with E-state index in [1.165, 1.54) is 4.88 Å². The Balaban J connectivity index is 1.45. The van der Waals surface area contributed by atoms with Crippen LogP contribution in [0.1, 0.15) is 32.8 Å². The average molecular weight is 379 g/mol. The Morgan fingerprint density at radius 2 is 2.00 bits per heavy atom. The van der Waals surface area contributed by atoms with Crippen LogP contribution in [0.2, 0.25) is 0 Å². The molecule has 0 aliphatic carbocycles. The minimum absolute atomic E-state index is 0.0997. The van der Waals surface area contributed by atoms with E-state index in [4.69, 9.17) is 0 Å². The van der Waals surface area contributed by atoms with Gasteiger partial charge in [0.15, 0.2) is 0 Å². The van der Waals surface area contributed by atoms with Crippen LogP contribution in [-0.4, -0.2) is 49.4 Å². The molecule has 2 aliphatic heterocycles. The van der Waals surface area contributed by atoms with Crippen LogP contribution in [-0.2, 0) is 13.1 Å². The van der Waals surface area contributed by atoms with Gasteiger partial charge in [0.1, 0.15) is 5.69 Å². The summed E-state index contributed by atoms with van der Waals surface area (Å²) < 4.78 is 2.17. The highest BCUT2D eigenvalue weighted by atomic mass is 32.1. The maximum absolute atomic E-state index is 13.2. The van der Waals surface area contributed by atoms with E-state index in [1.54, 1.807) is 17.5 Å². The first-order valence-electron chi connectivity index (χ1n) is 9.20. The summed E-state index contributed by atoms with van der Waals surface area (Å²) in [5.74, 6) is 0.0997. The molecule has 0 bridgehead atoms. The number of hydrogen-bond acceptors (Lipinski definition) is 5. The lowest BCUT2D eigenvalue weighted by molar-refractivity contribution is 0.0553. The van der Waals surface area contributed by atoms with Crippen molar-refractivity contribution in [3.8, 4) is 0 Å². The monoisotopic (exact) mass is 379 g/mol. The Morgan fingerprint density at radius 3 is 2.78 bits per heavy atom. The van der Waals surface area contributed by atoms with Gasteiger partial charge >= 0.3 is 0 Å². The zero-order valence-electron chi connectivity index (χ0n) is 15.2. The van der Waals surface area contributed by atoms with Gasteiger partial charge in [-0.25, -0.2) is 4.98 Å². The van der Waals surface area contributed by atoms with Crippen molar-refractivity contribution < 1.29 is 4.79 Å². The highest BCUT2D eigenvalue weighted by molar-refractivity contribution is 7.09. The second kappa shape index (κ2) is 6.58. The molecule has 0 N–H and O–H groups in total. The Kier molecular flexibility index (Phi) is 4.06. The maximum atomic E-state index is 13.2. The van der Waals surface area contributed by atoms with Gasteiger partial charge in [-0.1, -0.05) is 6.07 Å². The van der Waals surface area contributed by atoms with Crippen molar-refractivity contribution in [1.82, 2.24) is 24.3 Å². The molecule has 1 amide bonds. The zero-order valence-corrected chi connectivity index (χ0v) is 16.0. The van der Waals surface area contributed by atoms with Crippen LogP contribution in [0.25, 0.3) is 0 Å². The van der Waals surface area contributed by atoms with E-state index in [2.05, 4.69) is 26.4 Å². The number of aryl methyl sites for hydroxylation is 1. The maximum Gasteiger partial charge on any atom is 0.271 e. The first-order valence-corrected chi connectivity index (χ1v) is 10.1. The number of likely N-dealkylation sites (tertiary alicyclic amines) is 1. The summed E-state index contributed by atoms with van der Waals surface area (Å²) in [7, 11) is 0. The van der Waals surface area contributed by atoms with Gasteiger partial charge < -0.3 is 9.47 Å². The van der Waals surface area contributed by atoms with Gasteiger partial charge in [0.2, 0.25) is 0 Å². The fraction of sp³-hybridized carbons (Fsp3) is 0.350. The second-order valence-corrected chi connectivity index (χ2v) is 8.18. The Bertz CT molecular complexity index is 966. The molecule has 5 heterocycles. The van der Waals surface area contributed by atoms with Gasteiger partial charge in [-0.2, -0.15) is 0 Å². The molecule has 3 aromatic heterocycles. The van der Waals surface area contributed by atoms with Crippen LogP contribution in [0.15, 0.2) is 48.2 Å². The zero-order chi connectivity index (χ0) is 18.4. The largest absolute Gasteiger partial charge is 0.337 e. The third-order valence-corrected chi connectivity index (χ3v) is 6.54. The first-order chi connectivity index (χ1) is 13.2. The molecule has 0 spiro atoms. The lowest BCUT2D eigenvalue weighted by atomic mass is 10.1. The molecule has 1 fully saturated rings. The van der Waals surface area contributed by atoms with Crippen molar-refractivity contribution in [2.75, 3.05) is 13.1 Å². The normalized spacial score (nSPS) is 22.1. The molecule has 27 heavy (non-hydrogen) atoms. The first kappa shape index (κ1) is 16.6. The average Bonchev–Trinajstić information content (AvgIpc) is 3.40. The van der Waals surface area contributed by atoms with Crippen molar-refractivity contribution >= 4 is 17.2 Å². The van der Waals surface area contributed by atoms with Gasteiger partial charge in [-0.15, -0.1) is 11.3 Å². The summed E-state index contributed by atoms with van der Waals surface area (Å²) in [6.07, 6.45) is 3.84. The van der Waals surface area contributed by atoms with Crippen molar-refractivity contribution in [3.05, 3.63) is 70.2 Å². The summed E-state index contributed by atoms with van der Waals surface area (Å²) >= 11 is 1.71. The molecule has 3 aromatic rings. The molecule has 5 rings (SSSR count). The molecule has 0 saturated carbocycles. The van der Waals surface area contributed by atoms with Crippen LogP contribution in [0.3, 0.4) is 0 Å². The number of fused-ring (bicyclic) bond motifs is 3. The predicted molar refractivity (Wildman–Crippen MR) is 103 cm³/mol. The number of carbonyl (C=O) groups excluding carboxylic acids is 1. The smallest absolute Gasteiger partial charge is 0.271 e. The molecule has 1 saturated heterocycles. The van der Waals surface area contributed by atoms with E-state index in [-0.39, 0.29) is 18.0 Å². The molecule has 138 valence electrons. The van der Waals surface area contributed by atoms with Crippen molar-refractivity contribution in [2.24, 2.45) is 0 Å². The molecule has 7 heteroatoms. The summed E-state index contributed by atoms with van der Waals surface area (Å²) in [6.45, 7) is 5.33. The molecule has 0 aromatic carbocycles. The molecule has 0 radical (unpaired) electrons. The molecule has 6 nitrogen and oxygen atoms in total. The Hall–Kier alpha value is -2.51. The minimum Gasteiger partial charge on any atom is -0.337 e. The molecule has 2 aliphatic rings. The summed E-state index contributed by atoms with van der Waals surface area (Å²) in [5.41, 5.74) is 4.73. The van der Waals surface area contributed by atoms with E-state index in [1.807, 2.05) is 46.9 Å². The quantitative estimate of drug-likeness (QED) is 0.699. The number of thiazole rings is 1. The van der Waals surface area contributed by atoms with Crippen molar-refractivity contribution in [3.63, 3.8) is 0 Å². The van der Waals surface area contributed by atoms with Crippen LogP contribution in [0.5, 0.6) is 0 Å². The summed E-state index contributed by atoms with van der Waals surface area (Å²) in [6, 6.07) is 10.2. The van der Waals surface area contributed by atoms with E-state index in [0.717, 1.165) is 36.7 Å². The van der Waals surface area contributed by atoms with E-state index >= 15 is 0 Å². The second-order valence-electron chi connectivity index (χ2n) is 7.24. The number of rotatable bonds is 4. The molecule has 2 unspecified atom stereocenters. The number of nitrogens with zero attached hydrogens (tertiary/aromatic N) is 5. The number of aromatic nitrogens is 3. The summed E-state index contributed by atoms with van der Waals surface area (Å²) in [5, 5.41) is 0. The van der Waals surface area contributed by atoms with Gasteiger partial charge in [0.25, 0.3) is 5.91 Å². The third-order valence-electron chi connectivity index (χ3n) is 5.62. The van der Waals surface area contributed by atoms with E-state index in [0.29, 0.717) is 6.54 Å². The third kappa shape index (κ3) is 2.87. The topological polar surface area (TPSA) is 54.3 Å². The predicted octanol–water partition coefficient (Wildman–Crippen LogP) is 2.73. The van der Waals surface area contributed by atoms with Gasteiger partial charge in [0.05, 0.1) is 35.5 Å². The van der Waals surface area contributed by atoms with Gasteiger partial charge in [-0.05, 0) is 31.2 Å². The van der Waals surface area contributed by atoms with Crippen LogP contribution in [0.4, 0.5) is 0 Å². The van der Waals surface area contributed by atoms with Crippen LogP contribution < -0.4 is 0 Å². The van der Waals surface area contributed by atoms with E-state index in [9.17, 15) is 4.79 Å². The van der Waals surface area contributed by atoms with E-state index < -0.39 is 0 Å². The molecular weight excluding hydrogens is 358 g/mol. The number of pyridine rings is 1. The number of hydrogen-bond donors (Lipinski definition) is 0. The van der Waals surface area contributed by atoms with Gasteiger partial charge in [0, 0.05) is 36.9 Å². The summed E-state index contributed by atoms with van der Waals surface area (Å²) in [4.78, 5) is 27.7. The van der Waals surface area contributed by atoms with Crippen molar-refractivity contribution in [2.45, 2.75) is 32.1 Å². The Labute approximate surface area is 162 Å². The number of amides is 1. The SMILES string of the molecule is Cc1ncsc1CN1CC2C(C1)n1cccc1C(=O)N2Cc1ccccn1. The lowest BCUT2D eigenvalue weighted by Gasteiger charge is -2.38. The molecular formula is C20H21N5OS. The highest BCUT2D eigenvalue weighted by Crippen LogP contribution is 2.35. The number of carbonyl (C=O) groups is 1. The van der Waals surface area contributed by atoms with Crippen LogP contribution in [0, 0.1) is 6.92 Å². The van der Waals surface area contributed by atoms with Gasteiger partial charge in [-0.3, -0.25) is 14.7 Å². The molecule has 2 atom stereocenters. The fourth-order valence-electron chi connectivity index (χ4n) is 4.25. The minimum atomic E-state index is 0.0997. The highest BCUT2D eigenvalue weighted by Gasteiger charge is 2.45. The standard InChI is InChI=1S/C20H21N5OS/c1-14-19(27-13-22-14)12-23-10-17-18(11-23)25(9-15-5-2-3-7-21-15)20(26)16-6-4-8-24(16)17/h2-8,13,17-18H,9-12H2,1H3. The fourth-order valence-corrected chi connectivity index (χ4v) is 5.07.